The smallest absolute Gasteiger partial charge is 0.194 e. The van der Waals surface area contributed by atoms with Crippen LogP contribution in [0.3, 0.4) is 0 Å². The molecular weight excluding hydrogens is 334 g/mol. The van der Waals surface area contributed by atoms with Gasteiger partial charge in [-0.3, -0.25) is 4.90 Å². The topological polar surface area (TPSA) is 56.9 Å². The molecule has 1 aromatic rings. The second-order valence-corrected chi connectivity index (χ2v) is 6.06. The van der Waals surface area contributed by atoms with Gasteiger partial charge in [-0.1, -0.05) is 27.7 Å². The number of guanidine groups is 1. The number of aliphatic imine (C=N–C) groups is 1. The third kappa shape index (κ3) is 5.17. The van der Waals surface area contributed by atoms with E-state index in [1.165, 1.54) is 0 Å². The van der Waals surface area contributed by atoms with Crippen molar-refractivity contribution in [2.24, 2.45) is 4.99 Å². The van der Waals surface area contributed by atoms with Crippen LogP contribution in [0.5, 0.6) is 0 Å². The van der Waals surface area contributed by atoms with Crippen molar-refractivity contribution in [2.75, 3.05) is 39.3 Å². The Kier molecular flexibility index (Phi) is 6.25. The van der Waals surface area contributed by atoms with E-state index in [2.05, 4.69) is 54.7 Å². The molecule has 0 spiro atoms. The molecule has 0 radical (unpaired) electrons. The lowest BCUT2D eigenvalue weighted by atomic mass is 10.3. The number of halogens is 1. The molecule has 1 N–H and O–H groups in total. The summed E-state index contributed by atoms with van der Waals surface area (Å²) in [6, 6.07) is 1.92. The first-order valence-corrected chi connectivity index (χ1v) is 7.96. The number of piperazine rings is 1. The van der Waals surface area contributed by atoms with Crippen molar-refractivity contribution < 1.29 is 4.52 Å². The van der Waals surface area contributed by atoms with Crippen molar-refractivity contribution >= 4 is 21.9 Å². The summed E-state index contributed by atoms with van der Waals surface area (Å²) in [5.74, 6) is 0.958. The lowest BCUT2D eigenvalue weighted by molar-refractivity contribution is 0.169. The molecule has 116 valence electrons. The van der Waals surface area contributed by atoms with Gasteiger partial charge in [-0.2, -0.15) is 0 Å². The van der Waals surface area contributed by atoms with E-state index >= 15 is 0 Å². The van der Waals surface area contributed by atoms with E-state index in [0.717, 1.165) is 55.4 Å². The predicted octanol–water partition coefficient (Wildman–Crippen LogP) is 1.67. The molecule has 21 heavy (non-hydrogen) atoms. The fourth-order valence-electron chi connectivity index (χ4n) is 2.25. The van der Waals surface area contributed by atoms with Crippen LogP contribution in [0.25, 0.3) is 0 Å². The highest BCUT2D eigenvalue weighted by molar-refractivity contribution is 9.11. The highest BCUT2D eigenvalue weighted by Crippen LogP contribution is 2.08. The highest BCUT2D eigenvalue weighted by atomic mass is 79.9. The number of hydrogen-bond acceptors (Lipinski definition) is 4. The molecule has 1 aliphatic heterocycles. The van der Waals surface area contributed by atoms with Crippen LogP contribution in [0.15, 0.2) is 32.9 Å². The SMILES string of the molecule is C=C(Br)CN=C(NCC)N1CCN(Cc2ccon2)CC1. The van der Waals surface area contributed by atoms with Crippen LogP contribution in [0.2, 0.25) is 0 Å². The lowest BCUT2D eigenvalue weighted by Gasteiger charge is -2.36. The van der Waals surface area contributed by atoms with Gasteiger partial charge in [0.25, 0.3) is 0 Å². The summed E-state index contributed by atoms with van der Waals surface area (Å²) in [7, 11) is 0. The van der Waals surface area contributed by atoms with Crippen LogP contribution in [-0.4, -0.2) is 60.2 Å². The van der Waals surface area contributed by atoms with Crippen LogP contribution in [0, 0.1) is 0 Å². The quantitative estimate of drug-likeness (QED) is 0.643. The summed E-state index contributed by atoms with van der Waals surface area (Å²) in [6.07, 6.45) is 1.62. The van der Waals surface area contributed by atoms with Crippen LogP contribution in [-0.2, 0) is 6.54 Å². The first-order chi connectivity index (χ1) is 10.2. The zero-order chi connectivity index (χ0) is 15.1. The average Bonchev–Trinajstić information content (AvgIpc) is 2.97. The maximum atomic E-state index is 4.87. The number of aromatic nitrogens is 1. The van der Waals surface area contributed by atoms with Gasteiger partial charge in [0.05, 0.1) is 12.2 Å². The number of rotatable bonds is 5. The molecule has 0 saturated carbocycles. The zero-order valence-electron chi connectivity index (χ0n) is 12.4. The molecule has 0 amide bonds. The van der Waals surface area contributed by atoms with E-state index in [4.69, 9.17) is 4.52 Å². The molecule has 0 atom stereocenters. The van der Waals surface area contributed by atoms with Gasteiger partial charge in [0.2, 0.25) is 0 Å². The molecule has 1 aliphatic rings. The van der Waals surface area contributed by atoms with Gasteiger partial charge >= 0.3 is 0 Å². The molecule has 1 aromatic heterocycles. The van der Waals surface area contributed by atoms with Gasteiger partial charge in [-0.05, 0) is 6.92 Å². The summed E-state index contributed by atoms with van der Waals surface area (Å²) >= 11 is 3.35. The molecule has 2 rings (SSSR count). The van der Waals surface area contributed by atoms with Gasteiger partial charge in [0.1, 0.15) is 6.26 Å². The first-order valence-electron chi connectivity index (χ1n) is 7.17. The largest absolute Gasteiger partial charge is 0.364 e. The van der Waals surface area contributed by atoms with E-state index < -0.39 is 0 Å². The minimum atomic E-state index is 0.599. The second kappa shape index (κ2) is 8.19. The maximum absolute atomic E-state index is 4.87. The van der Waals surface area contributed by atoms with Crippen LogP contribution >= 0.6 is 15.9 Å². The molecule has 0 aromatic carbocycles. The minimum Gasteiger partial charge on any atom is -0.364 e. The van der Waals surface area contributed by atoms with Gasteiger partial charge < -0.3 is 14.7 Å². The Balaban J connectivity index is 1.85. The van der Waals surface area contributed by atoms with Crippen molar-refractivity contribution in [2.45, 2.75) is 13.5 Å². The van der Waals surface area contributed by atoms with Crippen molar-refractivity contribution in [3.05, 3.63) is 29.1 Å². The van der Waals surface area contributed by atoms with Gasteiger partial charge in [-0.25, -0.2) is 4.99 Å². The summed E-state index contributed by atoms with van der Waals surface area (Å²) in [4.78, 5) is 9.24. The fraction of sp³-hybridized carbons (Fsp3) is 0.571. The number of nitrogens with one attached hydrogen (secondary N) is 1. The van der Waals surface area contributed by atoms with Crippen LogP contribution in [0.1, 0.15) is 12.6 Å². The molecule has 1 saturated heterocycles. The molecule has 0 unspecified atom stereocenters. The Morgan fingerprint density at radius 3 is 2.81 bits per heavy atom. The van der Waals surface area contributed by atoms with Gasteiger partial charge in [0, 0.05) is 49.8 Å². The normalized spacial score (nSPS) is 17.0. The Labute approximate surface area is 134 Å². The summed E-state index contributed by atoms with van der Waals surface area (Å²) in [5.41, 5.74) is 0.986. The third-order valence-corrected chi connectivity index (χ3v) is 3.53. The summed E-state index contributed by atoms with van der Waals surface area (Å²) < 4.78 is 5.76. The Morgan fingerprint density at radius 2 is 2.24 bits per heavy atom. The molecule has 0 bridgehead atoms. The zero-order valence-corrected chi connectivity index (χ0v) is 14.0. The average molecular weight is 356 g/mol. The van der Waals surface area contributed by atoms with E-state index in [1.807, 2.05) is 6.07 Å². The van der Waals surface area contributed by atoms with Crippen molar-refractivity contribution in [1.82, 2.24) is 20.3 Å². The monoisotopic (exact) mass is 355 g/mol. The first kappa shape index (κ1) is 16.0. The molecular formula is C14H22BrN5O. The van der Waals surface area contributed by atoms with Crippen LogP contribution < -0.4 is 5.32 Å². The van der Waals surface area contributed by atoms with E-state index in [-0.39, 0.29) is 0 Å². The van der Waals surface area contributed by atoms with E-state index in [1.54, 1.807) is 6.26 Å². The maximum Gasteiger partial charge on any atom is 0.194 e. The van der Waals surface area contributed by atoms with Gasteiger partial charge in [-0.15, -0.1) is 0 Å². The minimum absolute atomic E-state index is 0.599. The van der Waals surface area contributed by atoms with Crippen molar-refractivity contribution in [1.29, 1.82) is 0 Å². The summed E-state index contributed by atoms with van der Waals surface area (Å²) in [6.45, 7) is 12.1. The predicted molar refractivity (Wildman–Crippen MR) is 87.4 cm³/mol. The second-order valence-electron chi connectivity index (χ2n) is 4.94. The molecule has 2 heterocycles. The molecule has 6 nitrogen and oxygen atoms in total. The molecule has 0 aliphatic carbocycles. The number of nitrogens with zero attached hydrogens (tertiary/aromatic N) is 4. The standard InChI is InChI=1S/C14H22BrN5O/c1-3-16-14(17-10-12(2)15)20-7-5-19(6-8-20)11-13-4-9-21-18-13/h4,9H,2-3,5-8,10-11H2,1H3,(H,16,17). The van der Waals surface area contributed by atoms with E-state index in [0.29, 0.717) is 6.54 Å². The van der Waals surface area contributed by atoms with Gasteiger partial charge in [0.15, 0.2) is 5.96 Å². The molecule has 1 fully saturated rings. The summed E-state index contributed by atoms with van der Waals surface area (Å²) in [5, 5.41) is 7.30. The van der Waals surface area contributed by atoms with Crippen LogP contribution in [0.4, 0.5) is 0 Å². The third-order valence-electron chi connectivity index (χ3n) is 3.28. The Hall–Kier alpha value is -1.34. The molecule has 7 heteroatoms. The van der Waals surface area contributed by atoms with E-state index in [9.17, 15) is 0 Å². The van der Waals surface area contributed by atoms with Crippen molar-refractivity contribution in [3.63, 3.8) is 0 Å². The fourth-order valence-corrected chi connectivity index (χ4v) is 2.38. The van der Waals surface area contributed by atoms with Crippen molar-refractivity contribution in [3.8, 4) is 0 Å². The highest BCUT2D eigenvalue weighted by Gasteiger charge is 2.20. The Bertz CT molecular complexity index is 466. The number of hydrogen-bond donors (Lipinski definition) is 1. The lowest BCUT2D eigenvalue weighted by Crippen LogP contribution is -2.52. The Morgan fingerprint density at radius 1 is 1.48 bits per heavy atom.